The van der Waals surface area contributed by atoms with Crippen molar-refractivity contribution in [1.29, 1.82) is 0 Å². The molecule has 19 heavy (non-hydrogen) atoms. The van der Waals surface area contributed by atoms with Gasteiger partial charge in [0.15, 0.2) is 0 Å². The first kappa shape index (κ1) is 17.2. The molecule has 3 heteroatoms. The van der Waals surface area contributed by atoms with Gasteiger partial charge in [-0.3, -0.25) is 0 Å². The summed E-state index contributed by atoms with van der Waals surface area (Å²) in [6.45, 7) is 10.2. The fourth-order valence-electron chi connectivity index (χ4n) is 2.65. The maximum absolute atomic E-state index is 3.79. The number of nitrogens with one attached hydrogen (secondary N) is 1. The lowest BCUT2D eigenvalue weighted by Gasteiger charge is -2.27. The van der Waals surface area contributed by atoms with E-state index in [4.69, 9.17) is 0 Å². The molecule has 1 N–H and O–H groups in total. The van der Waals surface area contributed by atoms with Gasteiger partial charge < -0.3 is 5.32 Å². The standard InChI is InChI=1S/C16H28BrNS/c1-5-8-13(9-6-2)16(18-10-7-3)15-11-14(17)12(4)19-15/h11,13,16,18H,5-10H2,1-4H3. The lowest BCUT2D eigenvalue weighted by atomic mass is 9.89. The molecule has 0 aliphatic carbocycles. The van der Waals surface area contributed by atoms with E-state index in [2.05, 4.69) is 55.0 Å². The van der Waals surface area contributed by atoms with Crippen molar-refractivity contribution >= 4 is 27.3 Å². The fraction of sp³-hybridized carbons (Fsp3) is 0.750. The van der Waals surface area contributed by atoms with Crippen LogP contribution in [0.15, 0.2) is 10.5 Å². The van der Waals surface area contributed by atoms with Gasteiger partial charge >= 0.3 is 0 Å². The predicted molar refractivity (Wildman–Crippen MR) is 91.1 cm³/mol. The average molecular weight is 346 g/mol. The van der Waals surface area contributed by atoms with Gasteiger partial charge in [0.25, 0.3) is 0 Å². The number of rotatable bonds is 9. The van der Waals surface area contributed by atoms with Gasteiger partial charge in [-0.05, 0) is 60.6 Å². The minimum atomic E-state index is 0.537. The topological polar surface area (TPSA) is 12.0 Å². The molecule has 1 aromatic heterocycles. The highest BCUT2D eigenvalue weighted by Crippen LogP contribution is 2.37. The smallest absolute Gasteiger partial charge is 0.0443 e. The van der Waals surface area contributed by atoms with Gasteiger partial charge in [-0.1, -0.05) is 33.6 Å². The quantitative estimate of drug-likeness (QED) is 0.572. The van der Waals surface area contributed by atoms with E-state index < -0.39 is 0 Å². The second-order valence-corrected chi connectivity index (χ2v) is 7.46. The van der Waals surface area contributed by atoms with E-state index in [1.807, 2.05) is 11.3 Å². The molecule has 110 valence electrons. The first-order valence-electron chi connectivity index (χ1n) is 7.63. The van der Waals surface area contributed by atoms with Crippen molar-refractivity contribution in [2.24, 2.45) is 5.92 Å². The fourth-order valence-corrected chi connectivity index (χ4v) is 4.38. The summed E-state index contributed by atoms with van der Waals surface area (Å²) < 4.78 is 1.27. The van der Waals surface area contributed by atoms with E-state index in [9.17, 15) is 0 Å². The Labute approximate surface area is 131 Å². The third-order valence-electron chi connectivity index (χ3n) is 3.59. The molecule has 0 saturated carbocycles. The van der Waals surface area contributed by atoms with Crippen LogP contribution in [0.5, 0.6) is 0 Å². The van der Waals surface area contributed by atoms with Crippen molar-refractivity contribution in [3.63, 3.8) is 0 Å². The highest BCUT2D eigenvalue weighted by Gasteiger charge is 2.23. The number of hydrogen-bond acceptors (Lipinski definition) is 2. The maximum atomic E-state index is 3.79. The Kier molecular flexibility index (Phi) is 8.27. The van der Waals surface area contributed by atoms with Crippen LogP contribution in [0.2, 0.25) is 0 Å². The predicted octanol–water partition coefficient (Wildman–Crippen LogP) is 6.08. The molecule has 0 aliphatic heterocycles. The number of thiophene rings is 1. The van der Waals surface area contributed by atoms with Crippen LogP contribution in [-0.2, 0) is 0 Å². The Morgan fingerprint density at radius 3 is 2.21 bits per heavy atom. The highest BCUT2D eigenvalue weighted by molar-refractivity contribution is 9.10. The summed E-state index contributed by atoms with van der Waals surface area (Å²) in [6.07, 6.45) is 6.40. The van der Waals surface area contributed by atoms with Gasteiger partial charge in [0.1, 0.15) is 0 Å². The Hall–Kier alpha value is 0.140. The molecule has 0 aliphatic rings. The molecule has 1 atom stereocenters. The zero-order valence-electron chi connectivity index (χ0n) is 12.8. The zero-order chi connectivity index (χ0) is 14.3. The molecule has 0 spiro atoms. The Bertz CT molecular complexity index is 336. The van der Waals surface area contributed by atoms with Crippen LogP contribution in [-0.4, -0.2) is 6.54 Å². The van der Waals surface area contributed by atoms with E-state index in [-0.39, 0.29) is 0 Å². The van der Waals surface area contributed by atoms with Gasteiger partial charge in [0.05, 0.1) is 0 Å². The first-order valence-corrected chi connectivity index (χ1v) is 9.24. The van der Waals surface area contributed by atoms with E-state index in [0.717, 1.165) is 12.5 Å². The summed E-state index contributed by atoms with van der Waals surface area (Å²) in [5, 5.41) is 3.79. The molecule has 0 fully saturated rings. The normalized spacial score (nSPS) is 13.2. The van der Waals surface area contributed by atoms with Crippen LogP contribution < -0.4 is 5.32 Å². The van der Waals surface area contributed by atoms with Crippen LogP contribution in [0.3, 0.4) is 0 Å². The van der Waals surface area contributed by atoms with Gasteiger partial charge in [-0.25, -0.2) is 0 Å². The summed E-state index contributed by atoms with van der Waals surface area (Å²) in [4.78, 5) is 2.90. The highest BCUT2D eigenvalue weighted by atomic mass is 79.9. The van der Waals surface area contributed by atoms with E-state index in [1.54, 1.807) is 0 Å². The second-order valence-electron chi connectivity index (χ2n) is 5.32. The van der Waals surface area contributed by atoms with Crippen LogP contribution in [0.1, 0.15) is 68.7 Å². The van der Waals surface area contributed by atoms with Crippen molar-refractivity contribution in [2.75, 3.05) is 6.54 Å². The monoisotopic (exact) mass is 345 g/mol. The third-order valence-corrected chi connectivity index (χ3v) is 5.81. The van der Waals surface area contributed by atoms with Crippen LogP contribution in [0, 0.1) is 12.8 Å². The lowest BCUT2D eigenvalue weighted by Crippen LogP contribution is -2.28. The van der Waals surface area contributed by atoms with Gasteiger partial charge in [0.2, 0.25) is 0 Å². The Balaban J connectivity index is 2.90. The van der Waals surface area contributed by atoms with Crippen molar-refractivity contribution in [2.45, 2.75) is 65.8 Å². The van der Waals surface area contributed by atoms with Crippen molar-refractivity contribution in [3.8, 4) is 0 Å². The number of hydrogen-bond donors (Lipinski definition) is 1. The maximum Gasteiger partial charge on any atom is 0.0443 e. The molecule has 0 amide bonds. The van der Waals surface area contributed by atoms with E-state index in [1.165, 1.54) is 46.3 Å². The van der Waals surface area contributed by atoms with Gasteiger partial charge in [-0.15, -0.1) is 11.3 Å². The minimum absolute atomic E-state index is 0.537. The molecule has 0 radical (unpaired) electrons. The van der Waals surface area contributed by atoms with Crippen molar-refractivity contribution in [1.82, 2.24) is 5.32 Å². The van der Waals surface area contributed by atoms with Crippen molar-refractivity contribution < 1.29 is 0 Å². The summed E-state index contributed by atoms with van der Waals surface area (Å²) in [5.41, 5.74) is 0. The average Bonchev–Trinajstić information content (AvgIpc) is 2.70. The van der Waals surface area contributed by atoms with Crippen LogP contribution in [0.25, 0.3) is 0 Å². The Morgan fingerprint density at radius 2 is 1.79 bits per heavy atom. The molecular weight excluding hydrogens is 318 g/mol. The second kappa shape index (κ2) is 9.15. The molecule has 1 aromatic rings. The number of halogens is 1. The van der Waals surface area contributed by atoms with E-state index >= 15 is 0 Å². The summed E-state index contributed by atoms with van der Waals surface area (Å²) >= 11 is 5.61. The molecule has 0 saturated heterocycles. The molecule has 1 heterocycles. The SMILES string of the molecule is CCCNC(c1cc(Br)c(C)s1)C(CCC)CCC. The summed E-state index contributed by atoms with van der Waals surface area (Å²) in [7, 11) is 0. The van der Waals surface area contributed by atoms with E-state index in [0.29, 0.717) is 6.04 Å². The Morgan fingerprint density at radius 1 is 1.16 bits per heavy atom. The molecule has 1 unspecified atom stereocenters. The largest absolute Gasteiger partial charge is 0.309 e. The molecular formula is C16H28BrNS. The first-order chi connectivity index (χ1) is 9.13. The van der Waals surface area contributed by atoms with Gasteiger partial charge in [0, 0.05) is 20.3 Å². The lowest BCUT2D eigenvalue weighted by molar-refractivity contribution is 0.320. The molecule has 1 nitrogen and oxygen atoms in total. The molecule has 0 aromatic carbocycles. The van der Waals surface area contributed by atoms with Crippen LogP contribution in [0.4, 0.5) is 0 Å². The summed E-state index contributed by atoms with van der Waals surface area (Å²) in [6, 6.07) is 2.86. The van der Waals surface area contributed by atoms with Gasteiger partial charge in [-0.2, -0.15) is 0 Å². The van der Waals surface area contributed by atoms with Crippen LogP contribution >= 0.6 is 27.3 Å². The molecule has 1 rings (SSSR count). The number of aryl methyl sites for hydroxylation is 1. The summed E-state index contributed by atoms with van der Waals surface area (Å²) in [5.74, 6) is 0.770. The molecule has 0 bridgehead atoms. The van der Waals surface area contributed by atoms with Crippen molar-refractivity contribution in [3.05, 3.63) is 20.3 Å². The zero-order valence-corrected chi connectivity index (χ0v) is 15.2. The minimum Gasteiger partial charge on any atom is -0.309 e. The third kappa shape index (κ3) is 5.20.